The summed E-state index contributed by atoms with van der Waals surface area (Å²) in [5, 5.41) is 0. The number of rotatable bonds is 6. The van der Waals surface area contributed by atoms with Crippen molar-refractivity contribution >= 4 is 17.7 Å². The van der Waals surface area contributed by atoms with Crippen LogP contribution in [0.2, 0.25) is 0 Å². The number of nitrogens with zero attached hydrogens (tertiary/aromatic N) is 1. The summed E-state index contributed by atoms with van der Waals surface area (Å²) in [5.41, 5.74) is 5.49. The van der Waals surface area contributed by atoms with Crippen LogP contribution in [0.3, 0.4) is 0 Å². The summed E-state index contributed by atoms with van der Waals surface area (Å²) in [6, 6.07) is 3.24. The normalized spacial score (nSPS) is 13.9. The first-order valence-electron chi connectivity index (χ1n) is 7.39. The number of benzene rings is 1. The number of para-hydroxylation sites is 1. The van der Waals surface area contributed by atoms with Gasteiger partial charge in [0.05, 0.1) is 6.04 Å². The summed E-state index contributed by atoms with van der Waals surface area (Å²) < 4.78 is 45.0. The molecule has 1 aromatic carbocycles. The van der Waals surface area contributed by atoms with E-state index in [2.05, 4.69) is 0 Å². The van der Waals surface area contributed by atoms with Crippen LogP contribution in [0.15, 0.2) is 30.3 Å². The molecule has 6 nitrogen and oxygen atoms in total. The lowest BCUT2D eigenvalue weighted by atomic mass is 10.0. The molecule has 138 valence electrons. The molecule has 1 aromatic rings. The number of Topliss-reactive ketones (excluding diaryl/α,β-unsaturated/α-hetero) is 1. The third-order valence-corrected chi connectivity index (χ3v) is 3.34. The van der Waals surface area contributed by atoms with E-state index in [4.69, 9.17) is 10.5 Å². The monoisotopic (exact) mass is 360 g/mol. The smallest absolute Gasteiger partial charge is 0.425 e. The summed E-state index contributed by atoms with van der Waals surface area (Å²) in [5.74, 6) is -4.97. The number of nitrogens with two attached hydrogens (primary N) is 1. The highest BCUT2D eigenvalue weighted by Crippen LogP contribution is 2.27. The van der Waals surface area contributed by atoms with Crippen LogP contribution in [0.1, 0.15) is 20.8 Å². The van der Waals surface area contributed by atoms with Crippen molar-refractivity contribution in [1.82, 2.24) is 4.90 Å². The molecule has 0 heterocycles. The second kappa shape index (κ2) is 8.11. The fourth-order valence-electron chi connectivity index (χ4n) is 1.96. The first-order valence-corrected chi connectivity index (χ1v) is 7.39. The fourth-order valence-corrected chi connectivity index (χ4v) is 1.96. The minimum absolute atomic E-state index is 0.0542. The predicted octanol–water partition coefficient (Wildman–Crippen LogP) is 1.88. The van der Waals surface area contributed by atoms with Gasteiger partial charge in [0.25, 0.3) is 0 Å². The zero-order valence-corrected chi connectivity index (χ0v) is 13.9. The number of amides is 1. The molecular weight excluding hydrogens is 341 g/mol. The third kappa shape index (κ3) is 5.28. The van der Waals surface area contributed by atoms with Crippen LogP contribution in [0, 0.1) is 5.92 Å². The average Bonchev–Trinajstić information content (AvgIpc) is 2.50. The van der Waals surface area contributed by atoms with Gasteiger partial charge in [0.2, 0.25) is 5.91 Å². The number of halogens is 3. The standard InChI is InChI=1S/C16H19F3N2O4/c1-9(2)12(20)14(23)21(16(17,18)19)13(10(3)22)15(24)25-11-7-5-4-6-8-11/h4-9,12-13H,20H2,1-3H3/t12-,13-/m0/s1. The quantitative estimate of drug-likeness (QED) is 0.362. The van der Waals surface area contributed by atoms with Crippen molar-refractivity contribution in [1.29, 1.82) is 0 Å². The average molecular weight is 360 g/mol. The summed E-state index contributed by atoms with van der Waals surface area (Å²) in [6.45, 7) is 3.66. The SMILES string of the molecule is CC(=O)[C@@H](C(=O)Oc1ccccc1)N(C(=O)[C@@H](N)C(C)C)C(F)(F)F. The number of carbonyl (C=O) groups excluding carboxylic acids is 3. The lowest BCUT2D eigenvalue weighted by molar-refractivity contribution is -0.251. The van der Waals surface area contributed by atoms with E-state index in [9.17, 15) is 27.6 Å². The van der Waals surface area contributed by atoms with Crippen LogP contribution in [-0.2, 0) is 14.4 Å². The molecule has 0 bridgehead atoms. The topological polar surface area (TPSA) is 89.7 Å². The van der Waals surface area contributed by atoms with Crippen molar-refractivity contribution in [3.8, 4) is 5.75 Å². The highest BCUT2D eigenvalue weighted by molar-refractivity contribution is 6.06. The molecular formula is C16H19F3N2O4. The van der Waals surface area contributed by atoms with E-state index in [1.165, 1.54) is 38.1 Å². The number of alkyl halides is 3. The number of ketones is 1. The van der Waals surface area contributed by atoms with E-state index in [0.717, 1.165) is 6.92 Å². The van der Waals surface area contributed by atoms with Crippen LogP contribution in [0.4, 0.5) is 13.2 Å². The first-order chi connectivity index (χ1) is 11.5. The van der Waals surface area contributed by atoms with Gasteiger partial charge in [-0.15, -0.1) is 13.2 Å². The van der Waals surface area contributed by atoms with Crippen LogP contribution >= 0.6 is 0 Å². The molecule has 0 spiro atoms. The van der Waals surface area contributed by atoms with E-state index < -0.39 is 46.9 Å². The lowest BCUT2D eigenvalue weighted by Crippen LogP contribution is -2.61. The zero-order chi connectivity index (χ0) is 19.4. The van der Waals surface area contributed by atoms with Crippen molar-refractivity contribution in [2.24, 2.45) is 11.7 Å². The first kappa shape index (κ1) is 20.6. The van der Waals surface area contributed by atoms with Crippen LogP contribution in [0.5, 0.6) is 5.75 Å². The van der Waals surface area contributed by atoms with E-state index in [1.807, 2.05) is 0 Å². The van der Waals surface area contributed by atoms with Gasteiger partial charge in [-0.1, -0.05) is 32.0 Å². The highest BCUT2D eigenvalue weighted by Gasteiger charge is 2.52. The van der Waals surface area contributed by atoms with Gasteiger partial charge in [0, 0.05) is 0 Å². The molecule has 0 fully saturated rings. The molecule has 0 aliphatic carbocycles. The minimum atomic E-state index is -5.28. The Labute approximate surface area is 142 Å². The molecule has 2 atom stereocenters. The summed E-state index contributed by atoms with van der Waals surface area (Å²) in [7, 11) is 0. The number of ether oxygens (including phenoxy) is 1. The number of carbonyl (C=O) groups is 3. The molecule has 0 radical (unpaired) electrons. The molecule has 2 N–H and O–H groups in total. The molecule has 25 heavy (non-hydrogen) atoms. The van der Waals surface area contributed by atoms with Crippen molar-refractivity contribution in [3.05, 3.63) is 30.3 Å². The van der Waals surface area contributed by atoms with Gasteiger partial charge in [-0.25, -0.2) is 9.69 Å². The molecule has 1 rings (SSSR count). The Morgan fingerprint density at radius 1 is 1.12 bits per heavy atom. The molecule has 0 saturated heterocycles. The van der Waals surface area contributed by atoms with E-state index >= 15 is 0 Å². The largest absolute Gasteiger partial charge is 0.488 e. The summed E-state index contributed by atoms with van der Waals surface area (Å²) >= 11 is 0. The Hall–Kier alpha value is -2.42. The maximum absolute atomic E-state index is 13.4. The van der Waals surface area contributed by atoms with Crippen molar-refractivity contribution in [2.75, 3.05) is 0 Å². The zero-order valence-electron chi connectivity index (χ0n) is 13.9. The van der Waals surface area contributed by atoms with E-state index in [-0.39, 0.29) is 5.75 Å². The molecule has 0 aliphatic rings. The van der Waals surface area contributed by atoms with Crippen molar-refractivity contribution in [2.45, 2.75) is 39.2 Å². The summed E-state index contributed by atoms with van der Waals surface area (Å²) in [4.78, 5) is 35.3. The Kier molecular flexibility index (Phi) is 6.69. The Bertz CT molecular complexity index is 632. The van der Waals surface area contributed by atoms with E-state index in [1.54, 1.807) is 6.07 Å². The van der Waals surface area contributed by atoms with Gasteiger partial charge in [0.1, 0.15) is 5.75 Å². The molecule has 0 saturated carbocycles. The number of esters is 1. The second-order valence-corrected chi connectivity index (χ2v) is 5.69. The number of hydrogen-bond donors (Lipinski definition) is 1. The molecule has 9 heteroatoms. The number of hydrogen-bond acceptors (Lipinski definition) is 5. The van der Waals surface area contributed by atoms with Gasteiger partial charge < -0.3 is 10.5 Å². The fraction of sp³-hybridized carbons (Fsp3) is 0.438. The van der Waals surface area contributed by atoms with Gasteiger partial charge in [-0.05, 0) is 25.0 Å². The Morgan fingerprint density at radius 3 is 2.04 bits per heavy atom. The Morgan fingerprint density at radius 2 is 1.64 bits per heavy atom. The van der Waals surface area contributed by atoms with Gasteiger partial charge in [-0.3, -0.25) is 9.59 Å². The second-order valence-electron chi connectivity index (χ2n) is 5.69. The van der Waals surface area contributed by atoms with Crippen LogP contribution in [-0.4, -0.2) is 40.9 Å². The van der Waals surface area contributed by atoms with Crippen molar-refractivity contribution < 1.29 is 32.3 Å². The Balaban J connectivity index is 3.23. The van der Waals surface area contributed by atoms with Crippen molar-refractivity contribution in [3.63, 3.8) is 0 Å². The summed E-state index contributed by atoms with van der Waals surface area (Å²) in [6.07, 6.45) is -5.28. The van der Waals surface area contributed by atoms with Gasteiger partial charge in [-0.2, -0.15) is 0 Å². The molecule has 1 amide bonds. The van der Waals surface area contributed by atoms with Gasteiger partial charge in [0.15, 0.2) is 11.8 Å². The highest BCUT2D eigenvalue weighted by atomic mass is 19.4. The minimum Gasteiger partial charge on any atom is -0.425 e. The van der Waals surface area contributed by atoms with Crippen LogP contribution in [0.25, 0.3) is 0 Å². The maximum Gasteiger partial charge on any atom is 0.488 e. The molecule has 0 unspecified atom stereocenters. The van der Waals surface area contributed by atoms with E-state index in [0.29, 0.717) is 0 Å². The molecule has 0 aromatic heterocycles. The van der Waals surface area contributed by atoms with Gasteiger partial charge >= 0.3 is 12.3 Å². The van der Waals surface area contributed by atoms with Crippen LogP contribution < -0.4 is 10.5 Å². The maximum atomic E-state index is 13.4. The molecule has 0 aliphatic heterocycles. The lowest BCUT2D eigenvalue weighted by Gasteiger charge is -2.32. The predicted molar refractivity (Wildman–Crippen MR) is 82.3 cm³/mol. The third-order valence-electron chi connectivity index (χ3n) is 3.34.